The van der Waals surface area contributed by atoms with E-state index in [0.29, 0.717) is 25.1 Å². The molecule has 2 aliphatic heterocycles. The maximum atomic E-state index is 12.1. The summed E-state index contributed by atoms with van der Waals surface area (Å²) in [7, 11) is 0. The van der Waals surface area contributed by atoms with Crippen LogP contribution in [0.1, 0.15) is 24.8 Å². The molecule has 4 N–H and O–H groups in total. The quantitative estimate of drug-likeness (QED) is 0.784. The second-order valence-corrected chi connectivity index (χ2v) is 5.47. The van der Waals surface area contributed by atoms with Gasteiger partial charge in [0.25, 0.3) is 5.91 Å². The Kier molecular flexibility index (Phi) is 5.39. The Morgan fingerprint density at radius 1 is 1.36 bits per heavy atom. The molecule has 0 aliphatic carbocycles. The Morgan fingerprint density at radius 3 is 2.91 bits per heavy atom. The molecule has 2 aliphatic rings. The van der Waals surface area contributed by atoms with E-state index in [1.54, 1.807) is 6.07 Å². The Morgan fingerprint density at radius 2 is 2.18 bits per heavy atom. The van der Waals surface area contributed by atoms with E-state index in [1.165, 1.54) is 0 Å². The molecule has 0 unspecified atom stereocenters. The minimum atomic E-state index is -0.441. The topological polar surface area (TPSA) is 93.5 Å². The van der Waals surface area contributed by atoms with Crippen LogP contribution in [0.2, 0.25) is 0 Å². The van der Waals surface area contributed by atoms with E-state index in [9.17, 15) is 9.59 Å². The smallest absolute Gasteiger partial charge is 0.253 e. The van der Waals surface area contributed by atoms with Crippen molar-refractivity contribution in [3.63, 3.8) is 0 Å². The Bertz CT molecular complexity index is 579. The van der Waals surface area contributed by atoms with Gasteiger partial charge < -0.3 is 21.1 Å². The van der Waals surface area contributed by atoms with Crippen LogP contribution >= 0.6 is 12.4 Å². The van der Waals surface area contributed by atoms with Crippen molar-refractivity contribution < 1.29 is 14.3 Å². The van der Waals surface area contributed by atoms with Crippen LogP contribution in [-0.4, -0.2) is 30.6 Å². The van der Waals surface area contributed by atoms with E-state index < -0.39 is 6.10 Å². The third-order valence-corrected chi connectivity index (χ3v) is 3.94. The lowest BCUT2D eigenvalue weighted by atomic mass is 10.0. The van der Waals surface area contributed by atoms with Gasteiger partial charge >= 0.3 is 0 Å². The van der Waals surface area contributed by atoms with Crippen LogP contribution in [-0.2, 0) is 20.7 Å². The molecule has 2 amide bonds. The minimum Gasteiger partial charge on any atom is -0.364 e. The summed E-state index contributed by atoms with van der Waals surface area (Å²) in [4.78, 5) is 23.6. The van der Waals surface area contributed by atoms with Crippen molar-refractivity contribution >= 4 is 35.6 Å². The van der Waals surface area contributed by atoms with Gasteiger partial charge in [-0.2, -0.15) is 0 Å². The number of ether oxygens (including phenoxy) is 1. The van der Waals surface area contributed by atoms with E-state index >= 15 is 0 Å². The average Bonchev–Trinajstić information content (AvgIpc) is 2.96. The van der Waals surface area contributed by atoms with Gasteiger partial charge in [0.05, 0.1) is 6.10 Å². The van der Waals surface area contributed by atoms with Crippen LogP contribution in [0, 0.1) is 0 Å². The molecule has 2 atom stereocenters. The van der Waals surface area contributed by atoms with Crippen molar-refractivity contribution in [3.8, 4) is 0 Å². The lowest BCUT2D eigenvalue weighted by molar-refractivity contribution is -0.126. The van der Waals surface area contributed by atoms with E-state index in [0.717, 1.165) is 24.1 Å². The molecule has 120 valence electrons. The fourth-order valence-electron chi connectivity index (χ4n) is 2.74. The number of amides is 2. The molecule has 0 bridgehead atoms. The van der Waals surface area contributed by atoms with Gasteiger partial charge in [-0.1, -0.05) is 6.07 Å². The number of aryl methyl sites for hydroxylation is 1. The van der Waals surface area contributed by atoms with Crippen LogP contribution in [0.15, 0.2) is 18.2 Å². The number of nitrogens with two attached hydrogens (primary N) is 1. The zero-order valence-electron chi connectivity index (χ0n) is 12.1. The number of hydrogen-bond acceptors (Lipinski definition) is 4. The largest absolute Gasteiger partial charge is 0.364 e. The third-order valence-electron chi connectivity index (χ3n) is 3.94. The number of hydrogen-bond donors (Lipinski definition) is 3. The fourth-order valence-corrected chi connectivity index (χ4v) is 2.74. The van der Waals surface area contributed by atoms with Gasteiger partial charge in [0, 0.05) is 24.3 Å². The van der Waals surface area contributed by atoms with Crippen molar-refractivity contribution in [2.24, 2.45) is 5.73 Å². The zero-order valence-corrected chi connectivity index (χ0v) is 12.9. The van der Waals surface area contributed by atoms with Crippen LogP contribution in [0.4, 0.5) is 11.4 Å². The first kappa shape index (κ1) is 16.7. The molecule has 1 aromatic carbocycles. The number of nitrogens with one attached hydrogen (secondary N) is 2. The highest BCUT2D eigenvalue weighted by Crippen LogP contribution is 2.27. The van der Waals surface area contributed by atoms with Gasteiger partial charge in [-0.05, 0) is 37.0 Å². The van der Waals surface area contributed by atoms with E-state index in [2.05, 4.69) is 10.6 Å². The predicted octanol–water partition coefficient (Wildman–Crippen LogP) is 1.44. The first-order valence-electron chi connectivity index (χ1n) is 7.25. The minimum absolute atomic E-state index is 0. The number of carbonyl (C=O) groups excluding carboxylic acids is 2. The summed E-state index contributed by atoms with van der Waals surface area (Å²) < 4.78 is 5.57. The van der Waals surface area contributed by atoms with Gasteiger partial charge in [-0.15, -0.1) is 12.4 Å². The first-order chi connectivity index (χ1) is 10.2. The zero-order chi connectivity index (χ0) is 14.8. The molecule has 1 fully saturated rings. The second kappa shape index (κ2) is 7.09. The number of benzene rings is 1. The fraction of sp³-hybridized carbons (Fsp3) is 0.467. The molecule has 2 heterocycles. The molecule has 0 aromatic heterocycles. The summed E-state index contributed by atoms with van der Waals surface area (Å²) in [6.45, 7) is 0.439. The number of halogens is 1. The van der Waals surface area contributed by atoms with Crippen molar-refractivity contribution in [1.82, 2.24) is 0 Å². The Labute approximate surface area is 135 Å². The molecule has 22 heavy (non-hydrogen) atoms. The molecule has 0 radical (unpaired) electrons. The molecule has 0 saturated carbocycles. The van der Waals surface area contributed by atoms with Crippen LogP contribution < -0.4 is 16.4 Å². The van der Waals surface area contributed by atoms with Crippen molar-refractivity contribution in [1.29, 1.82) is 0 Å². The first-order valence-corrected chi connectivity index (χ1v) is 7.25. The second-order valence-electron chi connectivity index (χ2n) is 5.47. The summed E-state index contributed by atoms with van der Waals surface area (Å²) in [5.41, 5.74) is 8.07. The molecule has 0 spiro atoms. The summed E-state index contributed by atoms with van der Waals surface area (Å²) in [6, 6.07) is 5.58. The highest BCUT2D eigenvalue weighted by molar-refractivity contribution is 5.97. The highest BCUT2D eigenvalue weighted by Gasteiger charge is 2.30. The maximum absolute atomic E-state index is 12.1. The van der Waals surface area contributed by atoms with Gasteiger partial charge in [0.2, 0.25) is 5.91 Å². The third kappa shape index (κ3) is 3.58. The number of carbonyl (C=O) groups is 2. The molecule has 1 aromatic rings. The highest BCUT2D eigenvalue weighted by atomic mass is 35.5. The molecule has 6 nitrogen and oxygen atoms in total. The predicted molar refractivity (Wildman–Crippen MR) is 86.2 cm³/mol. The lowest BCUT2D eigenvalue weighted by Gasteiger charge is -2.18. The van der Waals surface area contributed by atoms with Crippen LogP contribution in [0.5, 0.6) is 0 Å². The van der Waals surface area contributed by atoms with E-state index in [1.807, 2.05) is 12.1 Å². The molecular formula is C15H20ClN3O3. The number of fused-ring (bicyclic) bond motifs is 1. The Balaban J connectivity index is 0.00000176. The van der Waals surface area contributed by atoms with Crippen LogP contribution in [0.25, 0.3) is 0 Å². The number of rotatable bonds is 3. The summed E-state index contributed by atoms with van der Waals surface area (Å²) in [5.74, 6) is -0.149. The van der Waals surface area contributed by atoms with Crippen molar-refractivity contribution in [3.05, 3.63) is 23.8 Å². The van der Waals surface area contributed by atoms with Crippen molar-refractivity contribution in [2.45, 2.75) is 37.9 Å². The molecular weight excluding hydrogens is 306 g/mol. The monoisotopic (exact) mass is 325 g/mol. The SMILES string of the molecule is Cl.NC[C@H]1CC[C@@H](C(=O)Nc2ccc3c(c2)NC(=O)CC3)O1. The normalized spacial score (nSPS) is 23.2. The van der Waals surface area contributed by atoms with Gasteiger partial charge in [-0.3, -0.25) is 9.59 Å². The molecule has 1 saturated heterocycles. The molecule has 3 rings (SSSR count). The maximum Gasteiger partial charge on any atom is 0.253 e. The lowest BCUT2D eigenvalue weighted by Crippen LogP contribution is -2.30. The summed E-state index contributed by atoms with van der Waals surface area (Å²) in [6.07, 6.45) is 2.28. The molecule has 7 heteroatoms. The van der Waals surface area contributed by atoms with Crippen molar-refractivity contribution in [2.75, 3.05) is 17.2 Å². The average molecular weight is 326 g/mol. The van der Waals surface area contributed by atoms with Crippen LogP contribution in [0.3, 0.4) is 0 Å². The summed E-state index contributed by atoms with van der Waals surface area (Å²) >= 11 is 0. The van der Waals surface area contributed by atoms with Gasteiger partial charge in [0.1, 0.15) is 6.10 Å². The van der Waals surface area contributed by atoms with E-state index in [-0.39, 0.29) is 30.3 Å². The summed E-state index contributed by atoms with van der Waals surface area (Å²) in [5, 5.41) is 5.66. The standard InChI is InChI=1S/C15H19N3O3.ClH/c16-8-11-4-5-13(21-11)15(20)17-10-3-1-9-2-6-14(19)18-12(9)7-10;/h1,3,7,11,13H,2,4-6,8,16H2,(H,17,20)(H,18,19);1H/t11-,13+;/m1./s1. The number of anilines is 2. The van der Waals surface area contributed by atoms with Gasteiger partial charge in [0.15, 0.2) is 0 Å². The van der Waals surface area contributed by atoms with Gasteiger partial charge in [-0.25, -0.2) is 0 Å². The Hall–Kier alpha value is -1.63. The van der Waals surface area contributed by atoms with E-state index in [4.69, 9.17) is 10.5 Å².